The summed E-state index contributed by atoms with van der Waals surface area (Å²) in [6, 6.07) is 5.78. The van der Waals surface area contributed by atoms with Crippen LogP contribution in [0.5, 0.6) is 5.75 Å². The van der Waals surface area contributed by atoms with Crippen LogP contribution in [0.3, 0.4) is 0 Å². The Balaban J connectivity index is 1.56. The number of nitrogens with zero attached hydrogens (tertiary/aromatic N) is 2. The van der Waals surface area contributed by atoms with E-state index in [0.717, 1.165) is 10.7 Å². The molecule has 0 saturated carbocycles. The Morgan fingerprint density at radius 3 is 2.78 bits per heavy atom. The molecule has 2 aromatic carbocycles. The highest BCUT2D eigenvalue weighted by Crippen LogP contribution is 2.44. The first kappa shape index (κ1) is 21.8. The van der Waals surface area contributed by atoms with Crippen molar-refractivity contribution >= 4 is 40.3 Å². The number of carbonyl (C=O) groups is 2. The van der Waals surface area contributed by atoms with Crippen LogP contribution in [0.25, 0.3) is 10.9 Å². The molecule has 1 atom stereocenters. The summed E-state index contributed by atoms with van der Waals surface area (Å²) in [6.45, 7) is 0.0838. The lowest BCUT2D eigenvalue weighted by Crippen LogP contribution is -2.35. The Morgan fingerprint density at radius 2 is 2.06 bits per heavy atom. The number of carbonyl (C=O) groups excluding carboxylic acids is 2. The van der Waals surface area contributed by atoms with Crippen molar-refractivity contribution in [3.05, 3.63) is 52.7 Å². The third-order valence-electron chi connectivity index (χ3n) is 4.98. The predicted octanol–water partition coefficient (Wildman–Crippen LogP) is 4.97. The highest BCUT2D eigenvalue weighted by molar-refractivity contribution is 6.33. The lowest BCUT2D eigenvalue weighted by atomic mass is 9.98. The smallest absolute Gasteiger partial charge is 0.434 e. The van der Waals surface area contributed by atoms with Gasteiger partial charge in [0, 0.05) is 17.4 Å². The van der Waals surface area contributed by atoms with Gasteiger partial charge in [0.2, 0.25) is 0 Å². The van der Waals surface area contributed by atoms with Crippen LogP contribution >= 0.6 is 11.6 Å². The third-order valence-corrected chi connectivity index (χ3v) is 5.35. The van der Waals surface area contributed by atoms with Crippen LogP contribution in [0.4, 0.5) is 28.4 Å². The molecular formula is C20H16ClF3N4O4. The van der Waals surface area contributed by atoms with E-state index in [2.05, 4.69) is 20.5 Å². The summed E-state index contributed by atoms with van der Waals surface area (Å²) in [7, 11) is 1.22. The highest BCUT2D eigenvalue weighted by atomic mass is 35.5. The molecule has 0 aliphatic carbocycles. The average Bonchev–Trinajstić information content (AvgIpc) is 3.18. The minimum atomic E-state index is -4.62. The van der Waals surface area contributed by atoms with Gasteiger partial charge in [-0.05, 0) is 18.2 Å². The van der Waals surface area contributed by atoms with E-state index in [1.54, 1.807) is 18.2 Å². The molecule has 8 nitrogen and oxygen atoms in total. The first-order valence-electron chi connectivity index (χ1n) is 9.35. The van der Waals surface area contributed by atoms with Crippen LogP contribution < -0.4 is 15.4 Å². The summed E-state index contributed by atoms with van der Waals surface area (Å²) in [5, 5.41) is 9.32. The summed E-state index contributed by atoms with van der Waals surface area (Å²) >= 11 is 5.93. The van der Waals surface area contributed by atoms with E-state index in [9.17, 15) is 22.8 Å². The van der Waals surface area contributed by atoms with E-state index in [1.807, 2.05) is 0 Å². The van der Waals surface area contributed by atoms with E-state index in [1.165, 1.54) is 19.4 Å². The molecule has 0 spiro atoms. The summed E-state index contributed by atoms with van der Waals surface area (Å²) in [5.41, 5.74) is 0.156. The fourth-order valence-electron chi connectivity index (χ4n) is 3.50. The Morgan fingerprint density at radius 1 is 1.28 bits per heavy atom. The van der Waals surface area contributed by atoms with Crippen LogP contribution in [0.2, 0.25) is 5.02 Å². The third kappa shape index (κ3) is 3.91. The quantitative estimate of drug-likeness (QED) is 0.554. The van der Waals surface area contributed by atoms with Crippen molar-refractivity contribution in [3.8, 4) is 5.75 Å². The van der Waals surface area contributed by atoms with Gasteiger partial charge < -0.3 is 20.1 Å². The number of amides is 2. The number of nitrogens with one attached hydrogen (secondary N) is 2. The second-order valence-corrected chi connectivity index (χ2v) is 7.27. The van der Waals surface area contributed by atoms with Crippen molar-refractivity contribution < 1.29 is 32.2 Å². The van der Waals surface area contributed by atoms with Crippen molar-refractivity contribution in [1.29, 1.82) is 0 Å². The maximum Gasteiger partial charge on any atom is 0.434 e. The molecule has 32 heavy (non-hydrogen) atoms. The van der Waals surface area contributed by atoms with E-state index < -0.39 is 34.9 Å². The number of hydrogen-bond acceptors (Lipinski definition) is 5. The van der Waals surface area contributed by atoms with Gasteiger partial charge in [0.05, 0.1) is 47.7 Å². The van der Waals surface area contributed by atoms with Gasteiger partial charge in [-0.1, -0.05) is 23.7 Å². The Labute approximate surface area is 184 Å². The lowest BCUT2D eigenvalue weighted by molar-refractivity contribution is -0.137. The standard InChI is InChI=1S/C20H16ClF3N4O4/c1-31-19(30)28-15-4-2-3-13(11(15)9-25-28)26-18(29)27-14-7-8-32-17-10(14)5-6-12(16(17)21)20(22,23)24/h2-6,9,14H,7-8H2,1H3,(H2,26,27,29). The molecule has 0 bridgehead atoms. The number of ether oxygens (including phenoxy) is 2. The van der Waals surface area contributed by atoms with Gasteiger partial charge in [-0.15, -0.1) is 0 Å². The molecule has 2 heterocycles. The monoisotopic (exact) mass is 468 g/mol. The lowest BCUT2D eigenvalue weighted by Gasteiger charge is -2.28. The van der Waals surface area contributed by atoms with Crippen molar-refractivity contribution in [3.63, 3.8) is 0 Å². The number of alkyl halides is 3. The number of urea groups is 1. The highest BCUT2D eigenvalue weighted by Gasteiger charge is 2.37. The molecule has 4 rings (SSSR count). The first-order chi connectivity index (χ1) is 15.2. The Hall–Kier alpha value is -3.47. The van der Waals surface area contributed by atoms with E-state index in [-0.39, 0.29) is 12.4 Å². The van der Waals surface area contributed by atoms with Crippen molar-refractivity contribution in [2.75, 3.05) is 19.0 Å². The van der Waals surface area contributed by atoms with Gasteiger partial charge in [0.15, 0.2) is 0 Å². The van der Waals surface area contributed by atoms with Gasteiger partial charge in [-0.2, -0.15) is 23.0 Å². The van der Waals surface area contributed by atoms with Crippen LogP contribution in [0.15, 0.2) is 36.5 Å². The van der Waals surface area contributed by atoms with Crippen LogP contribution in [-0.4, -0.2) is 35.6 Å². The molecule has 2 amide bonds. The maximum atomic E-state index is 13.1. The van der Waals surface area contributed by atoms with E-state index in [4.69, 9.17) is 16.3 Å². The second kappa shape index (κ2) is 8.23. The number of aromatic nitrogens is 2. The summed E-state index contributed by atoms with van der Waals surface area (Å²) in [5.74, 6) is -0.0977. The fraction of sp³-hybridized carbons (Fsp3) is 0.250. The number of anilines is 1. The Bertz CT molecular complexity index is 1210. The predicted molar refractivity (Wildman–Crippen MR) is 109 cm³/mol. The number of rotatable bonds is 2. The minimum Gasteiger partial charge on any atom is -0.492 e. The normalized spacial score (nSPS) is 15.6. The molecule has 0 radical (unpaired) electrons. The van der Waals surface area contributed by atoms with Crippen molar-refractivity contribution in [1.82, 2.24) is 15.1 Å². The van der Waals surface area contributed by atoms with Crippen LogP contribution in [0.1, 0.15) is 23.6 Å². The number of halogens is 4. The maximum absolute atomic E-state index is 13.1. The molecule has 0 saturated heterocycles. The number of hydrogen-bond donors (Lipinski definition) is 2. The second-order valence-electron chi connectivity index (χ2n) is 6.90. The Kier molecular flexibility index (Phi) is 5.59. The molecule has 168 valence electrons. The van der Waals surface area contributed by atoms with Crippen LogP contribution in [0, 0.1) is 0 Å². The minimum absolute atomic E-state index is 0.0838. The molecule has 1 aliphatic rings. The van der Waals surface area contributed by atoms with Gasteiger partial charge in [0.1, 0.15) is 5.75 Å². The van der Waals surface area contributed by atoms with Crippen LogP contribution in [-0.2, 0) is 10.9 Å². The number of fused-ring (bicyclic) bond motifs is 2. The van der Waals surface area contributed by atoms with Crippen molar-refractivity contribution in [2.45, 2.75) is 18.6 Å². The fourth-order valence-corrected chi connectivity index (χ4v) is 3.84. The molecule has 1 aliphatic heterocycles. The molecule has 1 aromatic heterocycles. The summed E-state index contributed by atoms with van der Waals surface area (Å²) in [6.07, 6.45) is -3.56. The molecule has 12 heteroatoms. The number of methoxy groups -OCH3 is 1. The number of benzene rings is 2. The van der Waals surface area contributed by atoms with Crippen molar-refractivity contribution in [2.24, 2.45) is 0 Å². The molecular weight excluding hydrogens is 453 g/mol. The SMILES string of the molecule is COC(=O)n1ncc2c(NC(=O)NC3CCOc4c3ccc(C(F)(F)F)c4Cl)cccc21. The zero-order valence-corrected chi connectivity index (χ0v) is 17.3. The van der Waals surface area contributed by atoms with E-state index >= 15 is 0 Å². The van der Waals surface area contributed by atoms with E-state index in [0.29, 0.717) is 28.6 Å². The zero-order chi connectivity index (χ0) is 23.0. The average molecular weight is 469 g/mol. The topological polar surface area (TPSA) is 94.5 Å². The summed E-state index contributed by atoms with van der Waals surface area (Å²) in [4.78, 5) is 24.4. The zero-order valence-electron chi connectivity index (χ0n) is 16.5. The van der Waals surface area contributed by atoms with Gasteiger partial charge >= 0.3 is 18.3 Å². The molecule has 2 N–H and O–H groups in total. The largest absolute Gasteiger partial charge is 0.492 e. The van der Waals surface area contributed by atoms with Gasteiger partial charge in [-0.3, -0.25) is 0 Å². The molecule has 1 unspecified atom stereocenters. The molecule has 0 fully saturated rings. The first-order valence-corrected chi connectivity index (χ1v) is 9.73. The summed E-state index contributed by atoms with van der Waals surface area (Å²) < 4.78 is 50.4. The van der Waals surface area contributed by atoms with Gasteiger partial charge in [0.25, 0.3) is 0 Å². The van der Waals surface area contributed by atoms with Gasteiger partial charge in [-0.25, -0.2) is 9.59 Å². The molecule has 3 aromatic rings.